The van der Waals surface area contributed by atoms with Gasteiger partial charge < -0.3 is 10.6 Å². The number of nitrogens with zero attached hydrogens (tertiary/aromatic N) is 2. The summed E-state index contributed by atoms with van der Waals surface area (Å²) in [7, 11) is 0. The molecule has 2 N–H and O–H groups in total. The summed E-state index contributed by atoms with van der Waals surface area (Å²) in [6, 6.07) is 11.1. The molecule has 24 heavy (non-hydrogen) atoms. The molecule has 0 radical (unpaired) electrons. The third kappa shape index (κ3) is 3.65. The third-order valence-corrected chi connectivity index (χ3v) is 3.52. The van der Waals surface area contributed by atoms with Gasteiger partial charge in [0, 0.05) is 17.8 Å². The van der Waals surface area contributed by atoms with Gasteiger partial charge in [-0.3, -0.25) is 0 Å². The highest BCUT2D eigenvalue weighted by Crippen LogP contribution is 2.23. The molecule has 1 heterocycles. The Labute approximate surface area is 138 Å². The molecule has 0 aliphatic heterocycles. The van der Waals surface area contributed by atoms with E-state index in [0.717, 1.165) is 22.9 Å². The number of anilines is 4. The monoisotopic (exact) mass is 326 g/mol. The highest BCUT2D eigenvalue weighted by atomic mass is 19.1. The highest BCUT2D eigenvalue weighted by molar-refractivity contribution is 5.65. The van der Waals surface area contributed by atoms with Crippen LogP contribution < -0.4 is 10.6 Å². The maximum Gasteiger partial charge on any atom is 0.149 e. The molecule has 0 aliphatic carbocycles. The van der Waals surface area contributed by atoms with Crippen molar-refractivity contribution in [2.75, 3.05) is 10.6 Å². The van der Waals surface area contributed by atoms with Crippen LogP contribution in [0.3, 0.4) is 0 Å². The summed E-state index contributed by atoms with van der Waals surface area (Å²) in [5, 5.41) is 6.04. The van der Waals surface area contributed by atoms with Crippen molar-refractivity contribution in [2.45, 2.75) is 13.8 Å². The molecule has 1 aromatic heterocycles. The van der Waals surface area contributed by atoms with Crippen molar-refractivity contribution >= 4 is 23.0 Å². The van der Waals surface area contributed by atoms with Crippen molar-refractivity contribution in [2.24, 2.45) is 0 Å². The first kappa shape index (κ1) is 15.9. The van der Waals surface area contributed by atoms with E-state index in [1.54, 1.807) is 6.07 Å². The lowest BCUT2D eigenvalue weighted by atomic mass is 10.1. The Balaban J connectivity index is 1.82. The molecule has 0 fully saturated rings. The number of nitrogens with one attached hydrogen (secondary N) is 2. The van der Waals surface area contributed by atoms with E-state index in [1.165, 1.54) is 18.5 Å². The van der Waals surface area contributed by atoms with Gasteiger partial charge in [-0.05, 0) is 43.2 Å². The Morgan fingerprint density at radius 1 is 0.792 bits per heavy atom. The summed E-state index contributed by atoms with van der Waals surface area (Å²) in [6.07, 6.45) is 1.37. The van der Waals surface area contributed by atoms with Gasteiger partial charge in [-0.2, -0.15) is 0 Å². The fourth-order valence-electron chi connectivity index (χ4n) is 2.23. The minimum atomic E-state index is -0.683. The second kappa shape index (κ2) is 6.62. The summed E-state index contributed by atoms with van der Waals surface area (Å²) in [4.78, 5) is 8.22. The molecule has 6 heteroatoms. The average Bonchev–Trinajstić information content (AvgIpc) is 2.54. The molecule has 0 aliphatic rings. The van der Waals surface area contributed by atoms with E-state index in [0.29, 0.717) is 11.6 Å². The number of aryl methyl sites for hydroxylation is 2. The van der Waals surface area contributed by atoms with Gasteiger partial charge in [-0.1, -0.05) is 12.1 Å². The van der Waals surface area contributed by atoms with Crippen molar-refractivity contribution in [1.82, 2.24) is 9.97 Å². The first-order chi connectivity index (χ1) is 11.5. The molecule has 4 nitrogen and oxygen atoms in total. The zero-order valence-electron chi connectivity index (χ0n) is 13.3. The summed E-state index contributed by atoms with van der Waals surface area (Å²) in [6.45, 7) is 4.00. The molecule has 0 spiro atoms. The van der Waals surface area contributed by atoms with Gasteiger partial charge in [0.25, 0.3) is 0 Å². The highest BCUT2D eigenvalue weighted by Gasteiger charge is 2.07. The predicted octanol–water partition coefficient (Wildman–Crippen LogP) is 4.86. The van der Waals surface area contributed by atoms with Crippen LogP contribution in [0.1, 0.15) is 11.1 Å². The van der Waals surface area contributed by atoms with Crippen molar-refractivity contribution in [3.63, 3.8) is 0 Å². The van der Waals surface area contributed by atoms with Crippen LogP contribution >= 0.6 is 0 Å². The second-order valence-corrected chi connectivity index (χ2v) is 5.48. The predicted molar refractivity (Wildman–Crippen MR) is 90.9 cm³/mol. The van der Waals surface area contributed by atoms with E-state index in [-0.39, 0.29) is 5.69 Å². The largest absolute Gasteiger partial charge is 0.340 e. The van der Waals surface area contributed by atoms with Crippen LogP contribution in [0.5, 0.6) is 0 Å². The standard InChI is InChI=1S/C18H16F2N4/c1-11-3-4-12(2)16(7-11)24-18-9-17(21-10-22-18)23-15-6-5-13(19)8-14(15)20/h3-10H,1-2H3,(H2,21,22,23,24). The zero-order chi connectivity index (χ0) is 17.1. The van der Waals surface area contributed by atoms with E-state index in [2.05, 4.69) is 20.6 Å². The van der Waals surface area contributed by atoms with E-state index in [9.17, 15) is 8.78 Å². The quantitative estimate of drug-likeness (QED) is 0.719. The maximum absolute atomic E-state index is 13.7. The third-order valence-electron chi connectivity index (χ3n) is 3.52. The van der Waals surface area contributed by atoms with Gasteiger partial charge in [-0.25, -0.2) is 18.7 Å². The van der Waals surface area contributed by atoms with Crippen molar-refractivity contribution in [3.8, 4) is 0 Å². The molecular formula is C18H16F2N4. The Kier molecular flexibility index (Phi) is 4.37. The summed E-state index contributed by atoms with van der Waals surface area (Å²) >= 11 is 0. The lowest BCUT2D eigenvalue weighted by Gasteiger charge is -2.11. The topological polar surface area (TPSA) is 49.8 Å². The van der Waals surface area contributed by atoms with Crippen LogP contribution in [0.15, 0.2) is 48.8 Å². The fraction of sp³-hybridized carbons (Fsp3) is 0.111. The zero-order valence-corrected chi connectivity index (χ0v) is 13.3. The number of hydrogen-bond acceptors (Lipinski definition) is 4. The summed E-state index contributed by atoms with van der Waals surface area (Å²) < 4.78 is 26.7. The van der Waals surface area contributed by atoms with Crippen LogP contribution in [-0.2, 0) is 0 Å². The fourth-order valence-corrected chi connectivity index (χ4v) is 2.23. The van der Waals surface area contributed by atoms with Gasteiger partial charge in [0.15, 0.2) is 0 Å². The van der Waals surface area contributed by atoms with Crippen LogP contribution in [0.4, 0.5) is 31.8 Å². The van der Waals surface area contributed by atoms with E-state index >= 15 is 0 Å². The van der Waals surface area contributed by atoms with Crippen LogP contribution in [0.2, 0.25) is 0 Å². The molecule has 0 bridgehead atoms. The van der Waals surface area contributed by atoms with Gasteiger partial charge in [0.05, 0.1) is 5.69 Å². The van der Waals surface area contributed by atoms with E-state index in [4.69, 9.17) is 0 Å². The molecule has 2 aromatic carbocycles. The number of rotatable bonds is 4. The maximum atomic E-state index is 13.7. The van der Waals surface area contributed by atoms with Crippen LogP contribution in [-0.4, -0.2) is 9.97 Å². The van der Waals surface area contributed by atoms with Gasteiger partial charge in [0.1, 0.15) is 29.6 Å². The lowest BCUT2D eigenvalue weighted by Crippen LogP contribution is -2.01. The van der Waals surface area contributed by atoms with Crippen molar-refractivity contribution in [3.05, 3.63) is 71.6 Å². The van der Waals surface area contributed by atoms with Gasteiger partial charge >= 0.3 is 0 Å². The lowest BCUT2D eigenvalue weighted by molar-refractivity contribution is 0.586. The van der Waals surface area contributed by atoms with Crippen molar-refractivity contribution < 1.29 is 8.78 Å². The molecule has 122 valence electrons. The minimum Gasteiger partial charge on any atom is -0.340 e. The second-order valence-electron chi connectivity index (χ2n) is 5.48. The molecule has 0 unspecified atom stereocenters. The Hall–Kier alpha value is -3.02. The van der Waals surface area contributed by atoms with Crippen LogP contribution in [0.25, 0.3) is 0 Å². The number of aromatic nitrogens is 2. The van der Waals surface area contributed by atoms with Crippen LogP contribution in [0, 0.1) is 25.5 Å². The smallest absolute Gasteiger partial charge is 0.149 e. The van der Waals surface area contributed by atoms with E-state index in [1.807, 2.05) is 32.0 Å². The normalized spacial score (nSPS) is 10.5. The van der Waals surface area contributed by atoms with E-state index < -0.39 is 11.6 Å². The Morgan fingerprint density at radius 2 is 1.50 bits per heavy atom. The number of benzene rings is 2. The molecule has 0 saturated carbocycles. The molecule has 0 amide bonds. The SMILES string of the molecule is Cc1ccc(C)c(Nc2cc(Nc3ccc(F)cc3F)ncn2)c1. The Morgan fingerprint density at radius 3 is 2.21 bits per heavy atom. The first-order valence-corrected chi connectivity index (χ1v) is 7.39. The Bertz CT molecular complexity index is 881. The summed E-state index contributed by atoms with van der Waals surface area (Å²) in [5.74, 6) is -0.331. The molecule has 3 rings (SSSR count). The number of halogens is 2. The number of hydrogen-bond donors (Lipinski definition) is 2. The average molecular weight is 326 g/mol. The minimum absolute atomic E-state index is 0.146. The first-order valence-electron chi connectivity index (χ1n) is 7.39. The van der Waals surface area contributed by atoms with Gasteiger partial charge in [-0.15, -0.1) is 0 Å². The molecule has 3 aromatic rings. The molecule has 0 atom stereocenters. The molecule has 0 saturated heterocycles. The summed E-state index contributed by atoms with van der Waals surface area (Å²) in [5.41, 5.74) is 3.29. The van der Waals surface area contributed by atoms with Crippen molar-refractivity contribution in [1.29, 1.82) is 0 Å². The molecular weight excluding hydrogens is 310 g/mol. The van der Waals surface area contributed by atoms with Gasteiger partial charge in [0.2, 0.25) is 0 Å².